The number of ether oxygens (including phenoxy) is 3. The summed E-state index contributed by atoms with van der Waals surface area (Å²) in [5, 5.41) is 13.7. The number of hydrogen-bond acceptors (Lipinski definition) is 6. The van der Waals surface area contributed by atoms with Crippen molar-refractivity contribution in [2.24, 2.45) is 0 Å². The first-order valence-electron chi connectivity index (χ1n) is 7.74. The lowest BCUT2D eigenvalue weighted by atomic mass is 10.1. The molecule has 0 aliphatic rings. The van der Waals surface area contributed by atoms with Crippen LogP contribution in [-0.2, 0) is 11.2 Å². The van der Waals surface area contributed by atoms with Crippen LogP contribution >= 0.6 is 0 Å². The summed E-state index contributed by atoms with van der Waals surface area (Å²) in [6.45, 7) is 1.59. The molecule has 0 bridgehead atoms. The Bertz CT molecular complexity index is 835. The van der Waals surface area contributed by atoms with Gasteiger partial charge in [0.05, 0.1) is 43.9 Å². The maximum absolute atomic E-state index is 12.4. The fourth-order valence-corrected chi connectivity index (χ4v) is 2.63. The summed E-state index contributed by atoms with van der Waals surface area (Å²) in [5.41, 5.74) is 1.34. The van der Waals surface area contributed by atoms with E-state index in [0.717, 1.165) is 0 Å². The van der Waals surface area contributed by atoms with Crippen LogP contribution in [0.3, 0.4) is 0 Å². The van der Waals surface area contributed by atoms with Crippen molar-refractivity contribution in [3.63, 3.8) is 0 Å². The molecule has 2 aromatic carbocycles. The number of benzene rings is 2. The summed E-state index contributed by atoms with van der Waals surface area (Å²) in [4.78, 5) is 23.0. The molecule has 0 heterocycles. The van der Waals surface area contributed by atoms with Crippen molar-refractivity contribution >= 4 is 17.3 Å². The molecular weight excluding hydrogens is 340 g/mol. The van der Waals surface area contributed by atoms with Gasteiger partial charge in [0, 0.05) is 11.6 Å². The standard InChI is InChI=1S/C18H20N2O6/c1-11-13(6-5-7-14(11)20(22)23)19-16(21)10-12-8-9-15(24-2)18(26-4)17(12)25-3/h5-9H,10H2,1-4H3,(H,19,21). The third kappa shape index (κ3) is 3.85. The minimum atomic E-state index is -0.484. The molecule has 0 aliphatic carbocycles. The van der Waals surface area contributed by atoms with Crippen molar-refractivity contribution in [1.29, 1.82) is 0 Å². The number of amides is 1. The van der Waals surface area contributed by atoms with E-state index < -0.39 is 4.92 Å². The Morgan fingerprint density at radius 2 is 1.77 bits per heavy atom. The zero-order valence-corrected chi connectivity index (χ0v) is 15.0. The highest BCUT2D eigenvalue weighted by Crippen LogP contribution is 2.40. The maximum atomic E-state index is 12.4. The van der Waals surface area contributed by atoms with Crippen LogP contribution in [0.25, 0.3) is 0 Å². The number of nitrogens with zero attached hydrogens (tertiary/aromatic N) is 1. The van der Waals surface area contributed by atoms with Crippen LogP contribution < -0.4 is 19.5 Å². The molecule has 0 fully saturated rings. The fourth-order valence-electron chi connectivity index (χ4n) is 2.63. The minimum absolute atomic E-state index is 0.00561. The molecule has 0 unspecified atom stereocenters. The van der Waals surface area contributed by atoms with Gasteiger partial charge in [-0.25, -0.2) is 0 Å². The summed E-state index contributed by atoms with van der Waals surface area (Å²) >= 11 is 0. The zero-order valence-electron chi connectivity index (χ0n) is 15.0. The van der Waals surface area contributed by atoms with Crippen LogP contribution in [0.5, 0.6) is 17.2 Å². The number of rotatable bonds is 7. The third-order valence-corrected chi connectivity index (χ3v) is 3.91. The zero-order chi connectivity index (χ0) is 19.3. The lowest BCUT2D eigenvalue weighted by molar-refractivity contribution is -0.385. The van der Waals surface area contributed by atoms with Gasteiger partial charge in [0.1, 0.15) is 0 Å². The van der Waals surface area contributed by atoms with Gasteiger partial charge in [0.25, 0.3) is 5.69 Å². The Morgan fingerprint density at radius 3 is 2.35 bits per heavy atom. The molecule has 2 aromatic rings. The molecule has 138 valence electrons. The Hall–Kier alpha value is -3.29. The summed E-state index contributed by atoms with van der Waals surface area (Å²) in [6, 6.07) is 7.93. The van der Waals surface area contributed by atoms with Crippen molar-refractivity contribution in [2.75, 3.05) is 26.6 Å². The lowest BCUT2D eigenvalue weighted by Crippen LogP contribution is -2.16. The summed E-state index contributed by atoms with van der Waals surface area (Å²) in [7, 11) is 4.47. The molecule has 1 amide bonds. The van der Waals surface area contributed by atoms with Crippen molar-refractivity contribution in [2.45, 2.75) is 13.3 Å². The van der Waals surface area contributed by atoms with E-state index in [1.807, 2.05) is 0 Å². The number of hydrogen-bond donors (Lipinski definition) is 1. The monoisotopic (exact) mass is 360 g/mol. The molecule has 0 saturated carbocycles. The number of nitro groups is 1. The van der Waals surface area contributed by atoms with Gasteiger partial charge < -0.3 is 19.5 Å². The Labute approximate surface area is 150 Å². The van der Waals surface area contributed by atoms with E-state index >= 15 is 0 Å². The van der Waals surface area contributed by atoms with Gasteiger partial charge >= 0.3 is 0 Å². The maximum Gasteiger partial charge on any atom is 0.274 e. The lowest BCUT2D eigenvalue weighted by Gasteiger charge is -2.16. The molecule has 2 rings (SSSR count). The highest BCUT2D eigenvalue weighted by molar-refractivity contribution is 5.94. The highest BCUT2D eigenvalue weighted by atomic mass is 16.6. The van der Waals surface area contributed by atoms with Crippen molar-refractivity contribution in [3.05, 3.63) is 51.6 Å². The van der Waals surface area contributed by atoms with E-state index in [0.29, 0.717) is 34.1 Å². The topological polar surface area (TPSA) is 99.9 Å². The smallest absolute Gasteiger partial charge is 0.274 e. The molecule has 0 aliphatic heterocycles. The van der Waals surface area contributed by atoms with Crippen LogP contribution in [0.2, 0.25) is 0 Å². The van der Waals surface area contributed by atoms with Gasteiger partial charge in [0.15, 0.2) is 11.5 Å². The Kier molecular flexibility index (Phi) is 6.00. The second kappa shape index (κ2) is 8.19. The van der Waals surface area contributed by atoms with Crippen LogP contribution in [-0.4, -0.2) is 32.2 Å². The number of nitrogens with one attached hydrogen (secondary N) is 1. The Balaban J connectivity index is 2.26. The average Bonchev–Trinajstić information content (AvgIpc) is 2.62. The van der Waals surface area contributed by atoms with E-state index in [9.17, 15) is 14.9 Å². The van der Waals surface area contributed by atoms with Crippen molar-refractivity contribution in [3.8, 4) is 17.2 Å². The average molecular weight is 360 g/mol. The molecule has 0 atom stereocenters. The summed E-state index contributed by atoms with van der Waals surface area (Å²) in [6.07, 6.45) is 0.00561. The first-order valence-corrected chi connectivity index (χ1v) is 7.74. The van der Waals surface area contributed by atoms with Gasteiger partial charge in [-0.2, -0.15) is 0 Å². The van der Waals surface area contributed by atoms with Gasteiger partial charge in [-0.05, 0) is 19.1 Å². The molecule has 1 N–H and O–H groups in total. The second-order valence-corrected chi connectivity index (χ2v) is 5.43. The van der Waals surface area contributed by atoms with E-state index in [1.165, 1.54) is 33.5 Å². The number of carbonyl (C=O) groups excluding carboxylic acids is 1. The molecule has 0 aromatic heterocycles. The largest absolute Gasteiger partial charge is 0.493 e. The minimum Gasteiger partial charge on any atom is -0.493 e. The van der Waals surface area contributed by atoms with Crippen LogP contribution in [0.1, 0.15) is 11.1 Å². The normalized spacial score (nSPS) is 10.2. The number of nitro benzene ring substituents is 1. The van der Waals surface area contributed by atoms with E-state index in [1.54, 1.807) is 25.1 Å². The first kappa shape index (κ1) is 19.0. The molecule has 26 heavy (non-hydrogen) atoms. The first-order chi connectivity index (χ1) is 12.4. The van der Waals surface area contributed by atoms with Gasteiger partial charge in [0.2, 0.25) is 11.7 Å². The molecule has 0 saturated heterocycles. The highest BCUT2D eigenvalue weighted by Gasteiger charge is 2.19. The van der Waals surface area contributed by atoms with Gasteiger partial charge in [-0.1, -0.05) is 12.1 Å². The molecule has 0 spiro atoms. The van der Waals surface area contributed by atoms with Crippen LogP contribution in [0.15, 0.2) is 30.3 Å². The fraction of sp³-hybridized carbons (Fsp3) is 0.278. The van der Waals surface area contributed by atoms with E-state index in [2.05, 4.69) is 5.32 Å². The number of carbonyl (C=O) groups is 1. The Morgan fingerprint density at radius 1 is 1.08 bits per heavy atom. The van der Waals surface area contributed by atoms with E-state index in [4.69, 9.17) is 14.2 Å². The number of methoxy groups -OCH3 is 3. The molecule has 8 nitrogen and oxygen atoms in total. The second-order valence-electron chi connectivity index (χ2n) is 5.43. The SMILES string of the molecule is COc1ccc(CC(=O)Nc2cccc([N+](=O)[O-])c2C)c(OC)c1OC. The third-order valence-electron chi connectivity index (χ3n) is 3.91. The molecule has 0 radical (unpaired) electrons. The predicted octanol–water partition coefficient (Wildman–Crippen LogP) is 3.11. The summed E-state index contributed by atoms with van der Waals surface area (Å²) < 4.78 is 15.9. The molecular formula is C18H20N2O6. The van der Waals surface area contributed by atoms with Crippen molar-refractivity contribution < 1.29 is 23.9 Å². The van der Waals surface area contributed by atoms with Crippen LogP contribution in [0.4, 0.5) is 11.4 Å². The van der Waals surface area contributed by atoms with E-state index in [-0.39, 0.29) is 18.0 Å². The van der Waals surface area contributed by atoms with Gasteiger partial charge in [-0.3, -0.25) is 14.9 Å². The van der Waals surface area contributed by atoms with Crippen molar-refractivity contribution in [1.82, 2.24) is 0 Å². The van der Waals surface area contributed by atoms with Gasteiger partial charge in [-0.15, -0.1) is 0 Å². The predicted molar refractivity (Wildman–Crippen MR) is 96.3 cm³/mol. The quantitative estimate of drug-likeness (QED) is 0.601. The van der Waals surface area contributed by atoms with Crippen LogP contribution in [0, 0.1) is 17.0 Å². The molecule has 8 heteroatoms. The number of anilines is 1. The summed E-state index contributed by atoms with van der Waals surface area (Å²) in [5.74, 6) is 0.951.